The molecule has 1 heterocycles. The van der Waals surface area contributed by atoms with Crippen LogP contribution in [0.2, 0.25) is 0 Å². The molecule has 0 radical (unpaired) electrons. The van der Waals surface area contributed by atoms with Gasteiger partial charge in [-0.3, -0.25) is 9.79 Å². The van der Waals surface area contributed by atoms with Crippen molar-refractivity contribution >= 4 is 22.6 Å². The van der Waals surface area contributed by atoms with Gasteiger partial charge >= 0.3 is 0 Å². The number of Topliss-reactive ketones (excluding diaryl/α,β-unsaturated/α-hetero) is 1. The van der Waals surface area contributed by atoms with Crippen molar-refractivity contribution in [3.05, 3.63) is 35.6 Å². The molecule has 2 rings (SSSR count). The molecule has 18 heavy (non-hydrogen) atoms. The van der Waals surface area contributed by atoms with Crippen molar-refractivity contribution in [1.29, 1.82) is 0 Å². The molecule has 0 unspecified atom stereocenters. The van der Waals surface area contributed by atoms with Gasteiger partial charge in [0.1, 0.15) is 5.82 Å². The van der Waals surface area contributed by atoms with E-state index >= 15 is 0 Å². The van der Waals surface area contributed by atoms with Gasteiger partial charge in [-0.15, -0.1) is 11.8 Å². The molecule has 0 aliphatic carbocycles. The summed E-state index contributed by atoms with van der Waals surface area (Å²) in [5.41, 5.74) is 0.568. The smallest absolute Gasteiger partial charge is 0.173 e. The molecule has 0 N–H and O–H groups in total. The zero-order chi connectivity index (χ0) is 12.8. The molecule has 4 heteroatoms. The number of thioether (sulfide) groups is 1. The Labute approximate surface area is 111 Å². The van der Waals surface area contributed by atoms with Crippen LogP contribution in [0, 0.1) is 5.82 Å². The zero-order valence-electron chi connectivity index (χ0n) is 10.2. The van der Waals surface area contributed by atoms with Gasteiger partial charge in [-0.05, 0) is 43.5 Å². The molecule has 0 fully saturated rings. The summed E-state index contributed by atoms with van der Waals surface area (Å²) < 4.78 is 12.7. The monoisotopic (exact) mass is 265 g/mol. The molecule has 0 saturated carbocycles. The largest absolute Gasteiger partial charge is 0.293 e. The second-order valence-electron chi connectivity index (χ2n) is 4.30. The number of hydrogen-bond donors (Lipinski definition) is 0. The summed E-state index contributed by atoms with van der Waals surface area (Å²) in [5, 5.41) is 1.09. The predicted molar refractivity (Wildman–Crippen MR) is 74.0 cm³/mol. The Hall–Kier alpha value is -1.16. The second-order valence-corrected chi connectivity index (χ2v) is 5.35. The van der Waals surface area contributed by atoms with E-state index < -0.39 is 0 Å². The van der Waals surface area contributed by atoms with Crippen LogP contribution in [0.1, 0.15) is 36.0 Å². The van der Waals surface area contributed by atoms with Gasteiger partial charge < -0.3 is 0 Å². The van der Waals surface area contributed by atoms with Crippen molar-refractivity contribution in [2.45, 2.75) is 25.7 Å². The van der Waals surface area contributed by atoms with E-state index in [1.807, 2.05) is 0 Å². The van der Waals surface area contributed by atoms with Gasteiger partial charge in [0.05, 0.1) is 10.8 Å². The fourth-order valence-corrected chi connectivity index (χ4v) is 2.77. The van der Waals surface area contributed by atoms with E-state index in [0.29, 0.717) is 11.3 Å². The molecule has 0 atom stereocenters. The maximum absolute atomic E-state index is 12.7. The second kappa shape index (κ2) is 6.69. The molecule has 0 aromatic heterocycles. The minimum atomic E-state index is -0.313. The molecule has 0 amide bonds. The molecular formula is C14H16FNOS. The number of benzene rings is 1. The SMILES string of the molecule is O=C(CSC1=NCCCCC1)c1ccc(F)cc1. The molecule has 2 nitrogen and oxygen atoms in total. The van der Waals surface area contributed by atoms with Gasteiger partial charge in [0.2, 0.25) is 0 Å². The van der Waals surface area contributed by atoms with Crippen LogP contribution < -0.4 is 0 Å². The van der Waals surface area contributed by atoms with Gasteiger partial charge in [-0.2, -0.15) is 0 Å². The molecule has 96 valence electrons. The normalized spacial score (nSPS) is 15.9. The molecule has 1 aliphatic rings. The van der Waals surface area contributed by atoms with Crippen LogP contribution in [0.15, 0.2) is 29.3 Å². The number of ketones is 1. The highest BCUT2D eigenvalue weighted by Gasteiger charge is 2.10. The highest BCUT2D eigenvalue weighted by atomic mass is 32.2. The van der Waals surface area contributed by atoms with E-state index in [9.17, 15) is 9.18 Å². The summed E-state index contributed by atoms with van der Waals surface area (Å²) in [7, 11) is 0. The van der Waals surface area contributed by atoms with Crippen molar-refractivity contribution in [3.8, 4) is 0 Å². The number of hydrogen-bond acceptors (Lipinski definition) is 3. The first kappa shape index (κ1) is 13.3. The summed E-state index contributed by atoms with van der Waals surface area (Å²) in [4.78, 5) is 16.4. The van der Waals surface area contributed by atoms with E-state index in [2.05, 4.69) is 4.99 Å². The van der Waals surface area contributed by atoms with Gasteiger partial charge in [0, 0.05) is 12.1 Å². The Morgan fingerprint density at radius 1 is 1.22 bits per heavy atom. The lowest BCUT2D eigenvalue weighted by molar-refractivity contribution is 0.102. The minimum Gasteiger partial charge on any atom is -0.293 e. The maximum Gasteiger partial charge on any atom is 0.173 e. The Kier molecular flexibility index (Phi) is 4.93. The fraction of sp³-hybridized carbons (Fsp3) is 0.429. The quantitative estimate of drug-likeness (QED) is 0.780. The van der Waals surface area contributed by atoms with Crippen molar-refractivity contribution in [3.63, 3.8) is 0 Å². The number of halogens is 1. The van der Waals surface area contributed by atoms with Crippen molar-refractivity contribution in [2.75, 3.05) is 12.3 Å². The van der Waals surface area contributed by atoms with Crippen molar-refractivity contribution in [1.82, 2.24) is 0 Å². The Morgan fingerprint density at radius 3 is 2.78 bits per heavy atom. The van der Waals surface area contributed by atoms with E-state index in [4.69, 9.17) is 0 Å². The zero-order valence-corrected chi connectivity index (χ0v) is 11.0. The van der Waals surface area contributed by atoms with Crippen LogP contribution in [0.5, 0.6) is 0 Å². The summed E-state index contributed by atoms with van der Waals surface area (Å²) in [6.45, 7) is 0.882. The number of aliphatic imine (C=N–C) groups is 1. The van der Waals surface area contributed by atoms with Crippen LogP contribution >= 0.6 is 11.8 Å². The van der Waals surface area contributed by atoms with Gasteiger partial charge in [0.25, 0.3) is 0 Å². The van der Waals surface area contributed by atoms with Gasteiger partial charge in [-0.25, -0.2) is 4.39 Å². The highest BCUT2D eigenvalue weighted by molar-refractivity contribution is 8.14. The van der Waals surface area contributed by atoms with Crippen LogP contribution in [0.3, 0.4) is 0 Å². The summed E-state index contributed by atoms with van der Waals surface area (Å²) in [6, 6.07) is 5.71. The molecule has 1 aromatic rings. The summed E-state index contributed by atoms with van der Waals surface area (Å²) >= 11 is 1.52. The first-order valence-corrected chi connectivity index (χ1v) is 7.19. The predicted octanol–water partition coefficient (Wildman–Crippen LogP) is 3.71. The lowest BCUT2D eigenvalue weighted by Gasteiger charge is -2.03. The number of nitrogens with zero attached hydrogens (tertiary/aromatic N) is 1. The highest BCUT2D eigenvalue weighted by Crippen LogP contribution is 2.17. The van der Waals surface area contributed by atoms with Crippen molar-refractivity contribution in [2.24, 2.45) is 4.99 Å². The third kappa shape index (κ3) is 3.95. The summed E-state index contributed by atoms with van der Waals surface area (Å²) in [5.74, 6) is 0.115. The first-order chi connectivity index (χ1) is 8.75. The lowest BCUT2D eigenvalue weighted by atomic mass is 10.1. The molecule has 1 aliphatic heterocycles. The molecule has 0 spiro atoms. The van der Waals surface area contributed by atoms with E-state index in [1.165, 1.54) is 42.4 Å². The Balaban J connectivity index is 1.87. The molecule has 0 saturated heterocycles. The maximum atomic E-state index is 12.7. The standard InChI is InChI=1S/C14H16FNOS/c15-12-7-5-11(6-8-12)13(17)10-18-14-4-2-1-3-9-16-14/h5-8H,1-4,9-10H2. The number of rotatable bonds is 3. The summed E-state index contributed by atoms with van der Waals surface area (Å²) in [6.07, 6.45) is 4.52. The van der Waals surface area contributed by atoms with Crippen LogP contribution in [0.4, 0.5) is 4.39 Å². The number of carbonyl (C=O) groups excluding carboxylic acids is 1. The topological polar surface area (TPSA) is 29.4 Å². The third-order valence-corrected chi connectivity index (χ3v) is 3.95. The average molecular weight is 265 g/mol. The fourth-order valence-electron chi connectivity index (χ4n) is 1.83. The molecular weight excluding hydrogens is 249 g/mol. The molecule has 0 bridgehead atoms. The van der Waals surface area contributed by atoms with Crippen LogP contribution in [-0.2, 0) is 0 Å². The molecule has 1 aromatic carbocycles. The number of carbonyl (C=O) groups is 1. The van der Waals surface area contributed by atoms with E-state index in [1.54, 1.807) is 0 Å². The van der Waals surface area contributed by atoms with Crippen LogP contribution in [-0.4, -0.2) is 23.1 Å². The van der Waals surface area contributed by atoms with Gasteiger partial charge in [-0.1, -0.05) is 6.42 Å². The van der Waals surface area contributed by atoms with Crippen molar-refractivity contribution < 1.29 is 9.18 Å². The third-order valence-electron chi connectivity index (χ3n) is 2.87. The Bertz CT molecular complexity index is 442. The lowest BCUT2D eigenvalue weighted by Crippen LogP contribution is -2.05. The van der Waals surface area contributed by atoms with Gasteiger partial charge in [0.15, 0.2) is 5.78 Å². The van der Waals surface area contributed by atoms with Crippen LogP contribution in [0.25, 0.3) is 0 Å². The van der Waals surface area contributed by atoms with E-state index in [0.717, 1.165) is 30.9 Å². The Morgan fingerprint density at radius 2 is 2.00 bits per heavy atom. The average Bonchev–Trinajstić information content (AvgIpc) is 2.65. The minimum absolute atomic E-state index is 0.0342. The first-order valence-electron chi connectivity index (χ1n) is 6.20. The van der Waals surface area contributed by atoms with E-state index in [-0.39, 0.29) is 11.6 Å².